The summed E-state index contributed by atoms with van der Waals surface area (Å²) in [5, 5.41) is 12.9. The van der Waals surface area contributed by atoms with Crippen molar-refractivity contribution in [3.63, 3.8) is 0 Å². The second-order valence-electron chi connectivity index (χ2n) is 14.1. The Morgan fingerprint density at radius 2 is 0.833 bits per heavy atom. The lowest BCUT2D eigenvalue weighted by Crippen LogP contribution is -2.10. The molecule has 10 aromatic carbocycles. The van der Waals surface area contributed by atoms with E-state index >= 15 is 0 Å². The van der Waals surface area contributed by atoms with Gasteiger partial charge in [0, 0.05) is 26.8 Å². The zero-order valence-electron chi connectivity index (χ0n) is 29.4. The van der Waals surface area contributed by atoms with E-state index < -0.39 is 0 Å². The Kier molecular flexibility index (Phi) is 7.11. The Bertz CT molecular complexity index is 3190. The van der Waals surface area contributed by atoms with Crippen LogP contribution in [-0.2, 0) is 0 Å². The number of rotatable bonds is 5. The molecule has 0 bridgehead atoms. The maximum absolute atomic E-state index is 2.43. The Hall–Kier alpha value is -6.74. The Morgan fingerprint density at radius 3 is 1.56 bits per heavy atom. The van der Waals surface area contributed by atoms with Crippen LogP contribution in [0.5, 0.6) is 0 Å². The van der Waals surface area contributed by atoms with E-state index in [1.54, 1.807) is 0 Å². The van der Waals surface area contributed by atoms with Crippen LogP contribution in [-0.4, -0.2) is 0 Å². The highest BCUT2D eigenvalue weighted by atomic mass is 32.1. The van der Waals surface area contributed by atoms with Gasteiger partial charge in [0.1, 0.15) is 0 Å². The molecule has 0 aliphatic carbocycles. The molecule has 2 heteroatoms. The van der Waals surface area contributed by atoms with Gasteiger partial charge in [-0.3, -0.25) is 0 Å². The third-order valence-electron chi connectivity index (χ3n) is 11.0. The van der Waals surface area contributed by atoms with Gasteiger partial charge in [0.15, 0.2) is 0 Å². The summed E-state index contributed by atoms with van der Waals surface area (Å²) >= 11 is 1.88. The molecule has 11 rings (SSSR count). The Balaban J connectivity index is 1.05. The number of anilines is 3. The normalized spacial score (nSPS) is 11.7. The third-order valence-corrected chi connectivity index (χ3v) is 12.2. The standard InChI is InChI=1S/C52H33NS/c1-2-9-34(10-3-1)35-21-27-42(28-22-35)53(48-16-8-15-47-51-45-14-7-5-12-38(45)26-32-49(51)54-52(47)48)43-29-23-36(24-30-43)40-25-31-46-41(33-40)20-19-39-18-17-37-11-4-6-13-44(37)50(39)46/h1-33H. The summed E-state index contributed by atoms with van der Waals surface area (Å²) in [6, 6.07) is 73.4. The first kappa shape index (κ1) is 30.8. The van der Waals surface area contributed by atoms with Crippen molar-refractivity contribution in [1.82, 2.24) is 0 Å². The van der Waals surface area contributed by atoms with Gasteiger partial charge < -0.3 is 4.90 Å². The fraction of sp³-hybridized carbons (Fsp3) is 0. The summed E-state index contributed by atoms with van der Waals surface area (Å²) in [6.07, 6.45) is 0. The number of thiophene rings is 1. The second kappa shape index (κ2) is 12.4. The van der Waals surface area contributed by atoms with Gasteiger partial charge in [-0.25, -0.2) is 0 Å². The average Bonchev–Trinajstić information content (AvgIpc) is 3.64. The molecule has 0 saturated heterocycles. The molecular weight excluding hydrogens is 671 g/mol. The number of hydrogen-bond acceptors (Lipinski definition) is 2. The molecule has 0 N–H and O–H groups in total. The van der Waals surface area contributed by atoms with Crippen molar-refractivity contribution in [2.24, 2.45) is 0 Å². The molecule has 0 atom stereocenters. The fourth-order valence-corrected chi connectivity index (χ4v) is 9.63. The van der Waals surface area contributed by atoms with E-state index in [0.29, 0.717) is 0 Å². The molecule has 252 valence electrons. The molecule has 1 nitrogen and oxygen atoms in total. The number of nitrogens with zero attached hydrogens (tertiary/aromatic N) is 1. The molecule has 0 aliphatic heterocycles. The van der Waals surface area contributed by atoms with E-state index in [2.05, 4.69) is 205 Å². The maximum atomic E-state index is 2.43. The molecule has 0 amide bonds. The summed E-state index contributed by atoms with van der Waals surface area (Å²) in [5.41, 5.74) is 8.27. The molecule has 1 heterocycles. The van der Waals surface area contributed by atoms with Gasteiger partial charge >= 0.3 is 0 Å². The van der Waals surface area contributed by atoms with Crippen LogP contribution in [0.4, 0.5) is 17.1 Å². The predicted octanol–water partition coefficient (Wildman–Crippen LogP) is 15.5. The fourth-order valence-electron chi connectivity index (χ4n) is 8.41. The number of fused-ring (bicyclic) bond motifs is 10. The van der Waals surface area contributed by atoms with Gasteiger partial charge in [-0.15, -0.1) is 11.3 Å². The summed E-state index contributed by atoms with van der Waals surface area (Å²) in [6.45, 7) is 0. The first-order valence-corrected chi connectivity index (χ1v) is 19.3. The van der Waals surface area contributed by atoms with E-state index in [1.165, 1.54) is 91.2 Å². The topological polar surface area (TPSA) is 3.24 Å². The van der Waals surface area contributed by atoms with Crippen LogP contribution < -0.4 is 4.90 Å². The quantitative estimate of drug-likeness (QED) is 0.161. The molecule has 0 unspecified atom stereocenters. The largest absolute Gasteiger partial charge is 0.309 e. The maximum Gasteiger partial charge on any atom is 0.0640 e. The van der Waals surface area contributed by atoms with Crippen LogP contribution in [0.1, 0.15) is 0 Å². The zero-order chi connectivity index (χ0) is 35.6. The average molecular weight is 704 g/mol. The van der Waals surface area contributed by atoms with Gasteiger partial charge in [-0.2, -0.15) is 0 Å². The van der Waals surface area contributed by atoms with Gasteiger partial charge in [0.2, 0.25) is 0 Å². The molecule has 11 aromatic rings. The van der Waals surface area contributed by atoms with Crippen molar-refractivity contribution >= 4 is 91.7 Å². The highest BCUT2D eigenvalue weighted by Crippen LogP contribution is 2.47. The van der Waals surface area contributed by atoms with Crippen LogP contribution in [0.3, 0.4) is 0 Å². The first-order chi connectivity index (χ1) is 26.8. The molecule has 0 saturated carbocycles. The van der Waals surface area contributed by atoms with Gasteiger partial charge in [0.25, 0.3) is 0 Å². The van der Waals surface area contributed by atoms with Crippen LogP contribution in [0.15, 0.2) is 200 Å². The smallest absolute Gasteiger partial charge is 0.0640 e. The van der Waals surface area contributed by atoms with Crippen LogP contribution in [0.25, 0.3) is 85.5 Å². The van der Waals surface area contributed by atoms with Crippen molar-refractivity contribution in [1.29, 1.82) is 0 Å². The number of benzene rings is 10. The van der Waals surface area contributed by atoms with E-state index in [9.17, 15) is 0 Å². The Morgan fingerprint density at radius 1 is 0.315 bits per heavy atom. The molecule has 1 aromatic heterocycles. The lowest BCUT2D eigenvalue weighted by molar-refractivity contribution is 1.30. The van der Waals surface area contributed by atoms with E-state index in [-0.39, 0.29) is 0 Å². The lowest BCUT2D eigenvalue weighted by Gasteiger charge is -2.26. The van der Waals surface area contributed by atoms with Crippen LogP contribution in [0, 0.1) is 0 Å². The summed E-state index contributed by atoms with van der Waals surface area (Å²) in [4.78, 5) is 2.43. The minimum absolute atomic E-state index is 1.12. The van der Waals surface area contributed by atoms with E-state index in [4.69, 9.17) is 0 Å². The van der Waals surface area contributed by atoms with Gasteiger partial charge in [-0.1, -0.05) is 158 Å². The summed E-state index contributed by atoms with van der Waals surface area (Å²) in [5.74, 6) is 0. The molecule has 0 fully saturated rings. The summed E-state index contributed by atoms with van der Waals surface area (Å²) in [7, 11) is 0. The lowest BCUT2D eigenvalue weighted by atomic mass is 9.94. The highest BCUT2D eigenvalue weighted by molar-refractivity contribution is 7.26. The second-order valence-corrected chi connectivity index (χ2v) is 15.1. The van der Waals surface area contributed by atoms with E-state index in [1.807, 2.05) is 11.3 Å². The SMILES string of the molecule is c1ccc(-c2ccc(N(c3ccc(-c4ccc5c(ccc6ccc7ccccc7c65)c4)cc3)c3cccc4c3sc3ccc5ccccc5c34)cc2)cc1. The first-order valence-electron chi connectivity index (χ1n) is 18.5. The molecular formula is C52H33NS. The van der Waals surface area contributed by atoms with Crippen molar-refractivity contribution in [3.05, 3.63) is 200 Å². The molecule has 0 spiro atoms. The van der Waals surface area contributed by atoms with Crippen LogP contribution >= 0.6 is 11.3 Å². The molecule has 0 aliphatic rings. The van der Waals surface area contributed by atoms with Gasteiger partial charge in [-0.05, 0) is 108 Å². The van der Waals surface area contributed by atoms with Crippen molar-refractivity contribution in [2.45, 2.75) is 0 Å². The third kappa shape index (κ3) is 4.99. The molecule has 54 heavy (non-hydrogen) atoms. The predicted molar refractivity (Wildman–Crippen MR) is 235 cm³/mol. The Labute approximate surface area is 317 Å². The minimum atomic E-state index is 1.12. The zero-order valence-corrected chi connectivity index (χ0v) is 30.2. The summed E-state index contributed by atoms with van der Waals surface area (Å²) < 4.78 is 2.59. The van der Waals surface area contributed by atoms with Crippen molar-refractivity contribution in [2.75, 3.05) is 4.90 Å². The van der Waals surface area contributed by atoms with Crippen LogP contribution in [0.2, 0.25) is 0 Å². The highest BCUT2D eigenvalue weighted by Gasteiger charge is 2.19. The molecule has 0 radical (unpaired) electrons. The monoisotopic (exact) mass is 703 g/mol. The number of hydrogen-bond donors (Lipinski definition) is 0. The van der Waals surface area contributed by atoms with Crippen molar-refractivity contribution < 1.29 is 0 Å². The van der Waals surface area contributed by atoms with Crippen molar-refractivity contribution in [3.8, 4) is 22.3 Å². The van der Waals surface area contributed by atoms with E-state index in [0.717, 1.165) is 11.4 Å². The minimum Gasteiger partial charge on any atom is -0.309 e. The van der Waals surface area contributed by atoms with Gasteiger partial charge in [0.05, 0.1) is 10.4 Å².